The number of hydrogen-bond acceptors (Lipinski definition) is 4. The van der Waals surface area contributed by atoms with Gasteiger partial charge in [-0.25, -0.2) is 4.39 Å². The Labute approximate surface area is 195 Å². The van der Waals surface area contributed by atoms with Crippen molar-refractivity contribution in [1.29, 1.82) is 0 Å². The lowest BCUT2D eigenvalue weighted by Gasteiger charge is -2.35. The van der Waals surface area contributed by atoms with Gasteiger partial charge in [-0.05, 0) is 24.3 Å². The molecule has 0 aliphatic carbocycles. The number of aromatic nitrogens is 2. The molecule has 1 aromatic heterocycles. The number of carbonyl (C=O) groups is 2. The number of benzene rings is 2. The van der Waals surface area contributed by atoms with E-state index in [1.54, 1.807) is 38.7 Å². The fourth-order valence-corrected chi connectivity index (χ4v) is 4.51. The summed E-state index contributed by atoms with van der Waals surface area (Å²) >= 11 is 6.10. The first-order chi connectivity index (χ1) is 16.0. The van der Waals surface area contributed by atoms with Crippen molar-refractivity contribution in [3.63, 3.8) is 0 Å². The van der Waals surface area contributed by atoms with E-state index >= 15 is 0 Å². The van der Waals surface area contributed by atoms with Gasteiger partial charge in [0, 0.05) is 61.6 Å². The van der Waals surface area contributed by atoms with Gasteiger partial charge < -0.3 is 14.7 Å². The van der Waals surface area contributed by atoms with E-state index in [1.165, 1.54) is 6.07 Å². The second-order valence-corrected chi connectivity index (χ2v) is 8.65. The number of piperazine rings is 1. The van der Waals surface area contributed by atoms with Gasteiger partial charge in [0.1, 0.15) is 11.5 Å². The van der Waals surface area contributed by atoms with Gasteiger partial charge in [-0.2, -0.15) is 5.10 Å². The molecular weight excluding hydrogens is 445 g/mol. The fraction of sp³-hybridized carbons (Fsp3) is 0.292. The van der Waals surface area contributed by atoms with Crippen LogP contribution in [0.1, 0.15) is 26.5 Å². The molecule has 2 aliphatic heterocycles. The number of hydrogen-bond donors (Lipinski definition) is 0. The van der Waals surface area contributed by atoms with Crippen LogP contribution in [-0.2, 0) is 13.1 Å². The molecule has 0 N–H and O–H groups in total. The summed E-state index contributed by atoms with van der Waals surface area (Å²) in [5.74, 6) is -0.768. The maximum Gasteiger partial charge on any atom is 0.274 e. The van der Waals surface area contributed by atoms with Gasteiger partial charge in [0.2, 0.25) is 0 Å². The largest absolute Gasteiger partial charge is 0.368 e. The van der Waals surface area contributed by atoms with Crippen molar-refractivity contribution in [2.45, 2.75) is 13.1 Å². The van der Waals surface area contributed by atoms with E-state index in [0.717, 1.165) is 5.69 Å². The Kier molecular flexibility index (Phi) is 5.76. The third kappa shape index (κ3) is 4.30. The molecule has 2 aromatic carbocycles. The summed E-state index contributed by atoms with van der Waals surface area (Å²) in [6.07, 6.45) is 0. The number of rotatable bonds is 4. The third-order valence-electron chi connectivity index (χ3n) is 6.15. The van der Waals surface area contributed by atoms with Gasteiger partial charge in [-0.1, -0.05) is 35.9 Å². The fourth-order valence-electron chi connectivity index (χ4n) is 4.33. The molecule has 3 aromatic rings. The van der Waals surface area contributed by atoms with Gasteiger partial charge in [0.15, 0.2) is 5.69 Å². The second kappa shape index (κ2) is 8.86. The molecule has 7 nitrogen and oxygen atoms in total. The number of nitrogens with zero attached hydrogens (tertiary/aromatic N) is 5. The van der Waals surface area contributed by atoms with Crippen molar-refractivity contribution in [2.24, 2.45) is 0 Å². The molecule has 0 atom stereocenters. The van der Waals surface area contributed by atoms with E-state index in [2.05, 4.69) is 10.00 Å². The number of amides is 2. The van der Waals surface area contributed by atoms with Gasteiger partial charge >= 0.3 is 0 Å². The Hall–Kier alpha value is -3.39. The van der Waals surface area contributed by atoms with Crippen LogP contribution in [0.2, 0.25) is 5.02 Å². The first-order valence-electron chi connectivity index (χ1n) is 10.9. The van der Waals surface area contributed by atoms with Crippen molar-refractivity contribution in [1.82, 2.24) is 19.6 Å². The molecule has 0 unspecified atom stereocenters. The van der Waals surface area contributed by atoms with Crippen LogP contribution in [0.5, 0.6) is 0 Å². The predicted octanol–water partition coefficient (Wildman–Crippen LogP) is 3.29. The lowest BCUT2D eigenvalue weighted by molar-refractivity contribution is 0.0679. The van der Waals surface area contributed by atoms with Crippen LogP contribution < -0.4 is 4.90 Å². The standard InChI is InChI=1S/C24H23ClFN5O2/c25-18-5-3-6-19(14-18)28-8-10-29(11-9-28)23(32)21-15-22-24(33)30(12-13-31(22)27-21)16-17-4-1-2-7-20(17)26/h1-7,14-15H,8-13,16H2. The normalized spacial score (nSPS) is 16.2. The third-order valence-corrected chi connectivity index (χ3v) is 6.38. The van der Waals surface area contributed by atoms with Crippen molar-refractivity contribution in [2.75, 3.05) is 37.6 Å². The monoisotopic (exact) mass is 467 g/mol. The zero-order valence-electron chi connectivity index (χ0n) is 18.0. The minimum absolute atomic E-state index is 0.184. The molecule has 1 saturated heterocycles. The summed E-state index contributed by atoms with van der Waals surface area (Å²) < 4.78 is 15.6. The highest BCUT2D eigenvalue weighted by Gasteiger charge is 2.30. The minimum atomic E-state index is -0.336. The Morgan fingerprint density at radius 2 is 1.76 bits per heavy atom. The maximum absolute atomic E-state index is 14.0. The van der Waals surface area contributed by atoms with E-state index in [4.69, 9.17) is 11.6 Å². The van der Waals surface area contributed by atoms with Crippen molar-refractivity contribution < 1.29 is 14.0 Å². The molecule has 1 fully saturated rings. The minimum Gasteiger partial charge on any atom is -0.368 e. The van der Waals surface area contributed by atoms with Crippen LogP contribution in [0.15, 0.2) is 54.6 Å². The summed E-state index contributed by atoms with van der Waals surface area (Å²) in [4.78, 5) is 31.6. The highest BCUT2D eigenvalue weighted by molar-refractivity contribution is 6.30. The van der Waals surface area contributed by atoms with Gasteiger partial charge in [0.05, 0.1) is 6.54 Å². The lowest BCUT2D eigenvalue weighted by atomic mass is 10.1. The van der Waals surface area contributed by atoms with Gasteiger partial charge in [-0.15, -0.1) is 0 Å². The number of fused-ring (bicyclic) bond motifs is 1. The van der Waals surface area contributed by atoms with E-state index < -0.39 is 0 Å². The van der Waals surface area contributed by atoms with E-state index in [0.29, 0.717) is 55.5 Å². The van der Waals surface area contributed by atoms with Crippen LogP contribution in [0, 0.1) is 5.82 Å². The van der Waals surface area contributed by atoms with Crippen molar-refractivity contribution in [3.8, 4) is 0 Å². The second-order valence-electron chi connectivity index (χ2n) is 8.22. The predicted molar refractivity (Wildman–Crippen MR) is 123 cm³/mol. The quantitative estimate of drug-likeness (QED) is 0.590. The number of anilines is 1. The van der Waals surface area contributed by atoms with Crippen LogP contribution in [0.25, 0.3) is 0 Å². The molecule has 3 heterocycles. The van der Waals surface area contributed by atoms with Gasteiger partial charge in [-0.3, -0.25) is 14.3 Å². The average molecular weight is 468 g/mol. The van der Waals surface area contributed by atoms with E-state index in [9.17, 15) is 14.0 Å². The Balaban J connectivity index is 1.25. The molecule has 9 heteroatoms. The van der Waals surface area contributed by atoms with Gasteiger partial charge in [0.25, 0.3) is 11.8 Å². The lowest BCUT2D eigenvalue weighted by Crippen LogP contribution is -2.48. The molecular formula is C24H23ClFN5O2. The topological polar surface area (TPSA) is 61.7 Å². The molecule has 2 amide bonds. The van der Waals surface area contributed by atoms with Crippen molar-refractivity contribution in [3.05, 3.63) is 82.4 Å². The Bertz CT molecular complexity index is 1210. The molecule has 5 rings (SSSR count). The Morgan fingerprint density at radius 1 is 0.970 bits per heavy atom. The molecule has 2 aliphatic rings. The summed E-state index contributed by atoms with van der Waals surface area (Å²) in [6.45, 7) is 3.55. The van der Waals surface area contributed by atoms with E-state index in [-0.39, 0.29) is 29.9 Å². The first kappa shape index (κ1) is 21.5. The highest BCUT2D eigenvalue weighted by atomic mass is 35.5. The number of halogens is 2. The zero-order chi connectivity index (χ0) is 22.9. The van der Waals surface area contributed by atoms with Crippen LogP contribution in [0.3, 0.4) is 0 Å². The summed E-state index contributed by atoms with van der Waals surface area (Å²) in [6, 6.07) is 15.7. The maximum atomic E-state index is 14.0. The van der Waals surface area contributed by atoms with Crippen LogP contribution in [0.4, 0.5) is 10.1 Å². The molecule has 0 saturated carbocycles. The SMILES string of the molecule is O=C(c1cc2n(n1)CCN(Cc1ccccc1F)C2=O)N1CCN(c2cccc(Cl)c2)CC1. The molecule has 33 heavy (non-hydrogen) atoms. The molecule has 170 valence electrons. The molecule has 0 spiro atoms. The number of carbonyl (C=O) groups excluding carboxylic acids is 2. The summed E-state index contributed by atoms with van der Waals surface area (Å²) in [5.41, 5.74) is 2.13. The van der Waals surface area contributed by atoms with Crippen molar-refractivity contribution >= 4 is 29.1 Å². The molecule has 0 bridgehead atoms. The van der Waals surface area contributed by atoms with Crippen LogP contribution in [-0.4, -0.2) is 64.1 Å². The Morgan fingerprint density at radius 3 is 2.52 bits per heavy atom. The average Bonchev–Trinajstić information content (AvgIpc) is 3.27. The highest BCUT2D eigenvalue weighted by Crippen LogP contribution is 2.22. The van der Waals surface area contributed by atoms with E-state index in [1.807, 2.05) is 24.3 Å². The van der Waals surface area contributed by atoms with Crippen LogP contribution >= 0.6 is 11.6 Å². The zero-order valence-corrected chi connectivity index (χ0v) is 18.7. The summed E-state index contributed by atoms with van der Waals surface area (Å²) in [7, 11) is 0. The summed E-state index contributed by atoms with van der Waals surface area (Å²) in [5, 5.41) is 5.08. The first-order valence-corrected chi connectivity index (χ1v) is 11.3. The molecule has 0 radical (unpaired) electrons. The smallest absolute Gasteiger partial charge is 0.274 e.